The summed E-state index contributed by atoms with van der Waals surface area (Å²) >= 11 is 0. The smallest absolute Gasteiger partial charge is 0.387 e. The van der Waals surface area contributed by atoms with E-state index in [0.29, 0.717) is 25.9 Å². The molecule has 0 saturated carbocycles. The number of hydrogen-bond donors (Lipinski definition) is 2. The number of rotatable bonds is 8. The van der Waals surface area contributed by atoms with E-state index in [0.717, 1.165) is 18.5 Å². The number of likely N-dealkylation sites (tertiary alicyclic amines) is 1. The average molecular weight is 356 g/mol. The van der Waals surface area contributed by atoms with Gasteiger partial charge in [-0.15, -0.1) is 0 Å². The monoisotopic (exact) mass is 356 g/mol. The summed E-state index contributed by atoms with van der Waals surface area (Å²) in [5.41, 5.74) is 0.894. The molecule has 6 nitrogen and oxygen atoms in total. The molecule has 1 aliphatic rings. The molecule has 0 spiro atoms. The van der Waals surface area contributed by atoms with Crippen LogP contribution in [0.3, 0.4) is 0 Å². The van der Waals surface area contributed by atoms with E-state index in [1.807, 2.05) is 4.90 Å². The second-order valence-electron chi connectivity index (χ2n) is 6.03. The Morgan fingerprint density at radius 1 is 1.32 bits per heavy atom. The molecule has 1 aliphatic heterocycles. The number of carbonyl (C=O) groups excluding carboxylic acids is 1. The highest BCUT2D eigenvalue weighted by atomic mass is 19.3. The topological polar surface area (TPSA) is 78.9 Å². The molecule has 0 aliphatic carbocycles. The molecule has 1 unspecified atom stereocenters. The number of carboxylic acids is 1. The second-order valence-corrected chi connectivity index (χ2v) is 6.03. The first-order chi connectivity index (χ1) is 11.9. The lowest BCUT2D eigenvalue weighted by atomic mass is 9.98. The van der Waals surface area contributed by atoms with Crippen molar-refractivity contribution in [3.63, 3.8) is 0 Å². The molecular weight excluding hydrogens is 334 g/mol. The number of ether oxygens (including phenoxy) is 1. The van der Waals surface area contributed by atoms with E-state index in [-0.39, 0.29) is 18.2 Å². The summed E-state index contributed by atoms with van der Waals surface area (Å²) in [6, 6.07) is 6.27. The van der Waals surface area contributed by atoms with Gasteiger partial charge >= 0.3 is 12.6 Å². The van der Waals surface area contributed by atoms with E-state index in [9.17, 15) is 18.4 Å². The molecule has 1 fully saturated rings. The van der Waals surface area contributed by atoms with Crippen LogP contribution in [-0.2, 0) is 16.0 Å². The lowest BCUT2D eigenvalue weighted by Crippen LogP contribution is -2.44. The van der Waals surface area contributed by atoms with Crippen molar-refractivity contribution in [2.45, 2.75) is 25.9 Å². The fourth-order valence-electron chi connectivity index (χ4n) is 2.84. The van der Waals surface area contributed by atoms with Crippen molar-refractivity contribution in [2.75, 3.05) is 26.2 Å². The molecule has 0 aromatic heterocycles. The third-order valence-electron chi connectivity index (χ3n) is 4.11. The van der Waals surface area contributed by atoms with E-state index in [4.69, 9.17) is 5.11 Å². The number of carbonyl (C=O) groups is 2. The van der Waals surface area contributed by atoms with Crippen LogP contribution in [0.15, 0.2) is 24.3 Å². The molecule has 0 radical (unpaired) electrons. The van der Waals surface area contributed by atoms with Crippen LogP contribution in [0.2, 0.25) is 0 Å². The van der Waals surface area contributed by atoms with E-state index in [1.165, 1.54) is 12.1 Å². The number of benzene rings is 1. The van der Waals surface area contributed by atoms with Gasteiger partial charge in [0.2, 0.25) is 5.91 Å². The number of aliphatic carboxylic acids is 1. The minimum Gasteiger partial charge on any atom is -0.481 e. The predicted molar refractivity (Wildman–Crippen MR) is 86.6 cm³/mol. The third-order valence-corrected chi connectivity index (χ3v) is 4.11. The van der Waals surface area contributed by atoms with Crippen LogP contribution in [0.25, 0.3) is 0 Å². The predicted octanol–water partition coefficient (Wildman–Crippen LogP) is 1.74. The Hall–Kier alpha value is -2.22. The molecule has 2 rings (SSSR count). The molecule has 1 atom stereocenters. The van der Waals surface area contributed by atoms with Crippen molar-refractivity contribution in [3.8, 4) is 5.75 Å². The Bertz CT molecular complexity index is 581. The first kappa shape index (κ1) is 19.1. The van der Waals surface area contributed by atoms with E-state index in [1.54, 1.807) is 12.1 Å². The number of piperidine rings is 1. The summed E-state index contributed by atoms with van der Waals surface area (Å²) in [6.07, 6.45) is 1.99. The first-order valence-corrected chi connectivity index (χ1v) is 8.19. The molecule has 25 heavy (non-hydrogen) atoms. The summed E-state index contributed by atoms with van der Waals surface area (Å²) in [5.74, 6) is -1.27. The molecule has 138 valence electrons. The van der Waals surface area contributed by atoms with Crippen molar-refractivity contribution < 1.29 is 28.2 Å². The maximum atomic E-state index is 12.1. The zero-order chi connectivity index (χ0) is 18.2. The minimum atomic E-state index is -2.85. The van der Waals surface area contributed by atoms with Gasteiger partial charge < -0.3 is 15.2 Å². The number of halogens is 2. The van der Waals surface area contributed by atoms with Crippen molar-refractivity contribution in [1.29, 1.82) is 0 Å². The number of nitrogens with zero attached hydrogens (tertiary/aromatic N) is 1. The van der Waals surface area contributed by atoms with Gasteiger partial charge in [-0.1, -0.05) is 12.1 Å². The number of hydrogen-bond acceptors (Lipinski definition) is 4. The Kier molecular flexibility index (Phi) is 7.12. The van der Waals surface area contributed by atoms with Gasteiger partial charge in [-0.3, -0.25) is 14.5 Å². The van der Waals surface area contributed by atoms with Gasteiger partial charge in [0.1, 0.15) is 5.75 Å². The normalized spacial score (nSPS) is 18.1. The molecule has 1 amide bonds. The molecule has 8 heteroatoms. The third kappa shape index (κ3) is 6.66. The van der Waals surface area contributed by atoms with Gasteiger partial charge in [0.05, 0.1) is 12.5 Å². The van der Waals surface area contributed by atoms with Crippen LogP contribution < -0.4 is 10.1 Å². The Balaban J connectivity index is 1.69. The number of carboxylic acid groups (broad SMARTS) is 1. The fraction of sp³-hybridized carbons (Fsp3) is 0.529. The van der Waals surface area contributed by atoms with E-state index >= 15 is 0 Å². The second kappa shape index (κ2) is 9.31. The summed E-state index contributed by atoms with van der Waals surface area (Å²) in [4.78, 5) is 24.8. The summed E-state index contributed by atoms with van der Waals surface area (Å²) in [6.45, 7) is -1.12. The van der Waals surface area contributed by atoms with E-state index in [2.05, 4.69) is 10.1 Å². The van der Waals surface area contributed by atoms with Crippen molar-refractivity contribution in [1.82, 2.24) is 10.2 Å². The van der Waals surface area contributed by atoms with Crippen LogP contribution in [0, 0.1) is 5.92 Å². The van der Waals surface area contributed by atoms with Crippen LogP contribution >= 0.6 is 0 Å². The van der Waals surface area contributed by atoms with Gasteiger partial charge in [0.25, 0.3) is 0 Å². The fourth-order valence-corrected chi connectivity index (χ4v) is 2.84. The van der Waals surface area contributed by atoms with Crippen LogP contribution in [0.4, 0.5) is 8.78 Å². The Morgan fingerprint density at radius 3 is 2.68 bits per heavy atom. The van der Waals surface area contributed by atoms with Crippen molar-refractivity contribution in [3.05, 3.63) is 29.8 Å². The van der Waals surface area contributed by atoms with Crippen LogP contribution in [0.5, 0.6) is 5.75 Å². The first-order valence-electron chi connectivity index (χ1n) is 8.19. The maximum absolute atomic E-state index is 12.1. The molecule has 2 N–H and O–H groups in total. The summed E-state index contributed by atoms with van der Waals surface area (Å²) in [5, 5.41) is 11.8. The van der Waals surface area contributed by atoms with Gasteiger partial charge in [0.15, 0.2) is 0 Å². The summed E-state index contributed by atoms with van der Waals surface area (Å²) in [7, 11) is 0. The Labute approximate surface area is 144 Å². The number of nitrogens with one attached hydrogen (secondary N) is 1. The van der Waals surface area contributed by atoms with Crippen LogP contribution in [-0.4, -0.2) is 54.7 Å². The largest absolute Gasteiger partial charge is 0.481 e. The molecule has 1 heterocycles. The number of amides is 1. The van der Waals surface area contributed by atoms with Gasteiger partial charge in [0, 0.05) is 13.1 Å². The zero-order valence-corrected chi connectivity index (χ0v) is 13.8. The molecular formula is C17H22F2N2O4. The zero-order valence-electron chi connectivity index (χ0n) is 13.8. The van der Waals surface area contributed by atoms with Crippen molar-refractivity contribution >= 4 is 11.9 Å². The molecule has 0 bridgehead atoms. The standard InChI is InChI=1S/C17H22F2N2O4/c18-17(19)25-14-5-3-12(4-6-14)7-8-20-15(22)11-21-9-1-2-13(10-21)16(23)24/h3-6,13,17H,1-2,7-11H2,(H,20,22)(H,23,24). The van der Waals surface area contributed by atoms with Gasteiger partial charge in [-0.2, -0.15) is 8.78 Å². The molecule has 1 aromatic rings. The molecule has 1 aromatic carbocycles. The lowest BCUT2D eigenvalue weighted by molar-refractivity contribution is -0.144. The quantitative estimate of drug-likeness (QED) is 0.742. The SMILES string of the molecule is O=C(CN1CCCC(C(=O)O)C1)NCCc1ccc(OC(F)F)cc1. The van der Waals surface area contributed by atoms with Crippen molar-refractivity contribution in [2.24, 2.45) is 5.92 Å². The lowest BCUT2D eigenvalue weighted by Gasteiger charge is -2.29. The Morgan fingerprint density at radius 2 is 2.04 bits per heavy atom. The van der Waals surface area contributed by atoms with Gasteiger partial charge in [-0.05, 0) is 43.5 Å². The number of alkyl halides is 2. The van der Waals surface area contributed by atoms with Gasteiger partial charge in [-0.25, -0.2) is 0 Å². The highest BCUT2D eigenvalue weighted by molar-refractivity contribution is 5.78. The van der Waals surface area contributed by atoms with Crippen LogP contribution in [0.1, 0.15) is 18.4 Å². The molecule has 1 saturated heterocycles. The van der Waals surface area contributed by atoms with E-state index < -0.39 is 18.5 Å². The summed E-state index contributed by atoms with van der Waals surface area (Å²) < 4.78 is 28.4. The maximum Gasteiger partial charge on any atom is 0.387 e. The highest BCUT2D eigenvalue weighted by Gasteiger charge is 2.26. The minimum absolute atomic E-state index is 0.0980. The highest BCUT2D eigenvalue weighted by Crippen LogP contribution is 2.16. The average Bonchev–Trinajstić information content (AvgIpc) is 2.56.